The second-order valence-corrected chi connectivity index (χ2v) is 13.4. The van der Waals surface area contributed by atoms with Crippen molar-refractivity contribution in [3.8, 4) is 0 Å². The summed E-state index contributed by atoms with van der Waals surface area (Å²) in [5.74, 6) is -4.33. The van der Waals surface area contributed by atoms with Gasteiger partial charge in [0.25, 0.3) is 10.1 Å². The zero-order chi connectivity index (χ0) is 33.0. The van der Waals surface area contributed by atoms with Crippen molar-refractivity contribution in [1.82, 2.24) is 5.32 Å². The number of hydrogen-bond donors (Lipinski definition) is 1. The smallest absolute Gasteiger partial charge is 0.306 e. The van der Waals surface area contributed by atoms with E-state index in [0.29, 0.717) is 0 Å². The van der Waals surface area contributed by atoms with E-state index in [1.807, 2.05) is 0 Å². The summed E-state index contributed by atoms with van der Waals surface area (Å²) in [5.41, 5.74) is -3.42. The largest absolute Gasteiger partial charge is 0.469 e. The van der Waals surface area contributed by atoms with Crippen LogP contribution in [-0.4, -0.2) is 96.3 Å². The maximum Gasteiger partial charge on any atom is 0.306 e. The fourth-order valence-electron chi connectivity index (χ4n) is 6.75. The summed E-state index contributed by atoms with van der Waals surface area (Å²) >= 11 is 0. The zero-order valence-corrected chi connectivity index (χ0v) is 27.1. The fraction of sp³-hybridized carbons (Fsp3) is 0.786. The van der Waals surface area contributed by atoms with Crippen LogP contribution in [0, 0.1) is 22.7 Å². The van der Waals surface area contributed by atoms with Crippen LogP contribution in [0.1, 0.15) is 66.2 Å². The predicted octanol–water partition coefficient (Wildman–Crippen LogP) is 1.34. The van der Waals surface area contributed by atoms with E-state index in [2.05, 4.69) is 5.32 Å². The van der Waals surface area contributed by atoms with E-state index < -0.39 is 80.3 Å². The van der Waals surface area contributed by atoms with Crippen molar-refractivity contribution in [2.75, 3.05) is 34.7 Å². The summed E-state index contributed by atoms with van der Waals surface area (Å²) in [4.78, 5) is 68.5. The minimum Gasteiger partial charge on any atom is -0.469 e. The third-order valence-corrected chi connectivity index (χ3v) is 9.95. The molecule has 14 nitrogen and oxygen atoms in total. The molecule has 0 aromatic rings. The summed E-state index contributed by atoms with van der Waals surface area (Å²) in [6, 6.07) is -0.934. The summed E-state index contributed by atoms with van der Waals surface area (Å²) in [6.45, 7) is 6.66. The van der Waals surface area contributed by atoms with Crippen molar-refractivity contribution in [1.29, 1.82) is 0 Å². The van der Waals surface area contributed by atoms with Gasteiger partial charge in [-0.3, -0.25) is 33.1 Å². The predicted molar refractivity (Wildman–Crippen MR) is 152 cm³/mol. The van der Waals surface area contributed by atoms with Gasteiger partial charge in [0.1, 0.15) is 6.10 Å². The average molecular weight is 633 g/mol. The number of nitrogens with one attached hydrogen (secondary N) is 1. The van der Waals surface area contributed by atoms with Crippen LogP contribution in [0.2, 0.25) is 0 Å². The SMILES string of the molecule is COC(=O)CCC1C(=O)NC(C)(C2N=C(C(C)OS(C)(=O)=O)C(C)(CCC(=O)OC)C2CC(=O)OC)C1(C)CC(=O)OC. The molecule has 0 aliphatic carbocycles. The van der Waals surface area contributed by atoms with E-state index in [9.17, 15) is 32.4 Å². The number of aliphatic imine (C=N–C) groups is 1. The molecule has 7 atom stereocenters. The van der Waals surface area contributed by atoms with Gasteiger partial charge in [0.05, 0.1) is 59.1 Å². The highest BCUT2D eigenvalue weighted by Crippen LogP contribution is 2.58. The van der Waals surface area contributed by atoms with Crippen LogP contribution >= 0.6 is 0 Å². The number of nitrogens with zero attached hydrogens (tertiary/aromatic N) is 1. The topological polar surface area (TPSA) is 190 Å². The van der Waals surface area contributed by atoms with Gasteiger partial charge in [-0.2, -0.15) is 8.42 Å². The normalized spacial score (nSPS) is 31.0. The minimum atomic E-state index is -3.96. The Hall–Kier alpha value is -3.07. The summed E-state index contributed by atoms with van der Waals surface area (Å²) in [6.07, 6.45) is -0.710. The van der Waals surface area contributed by atoms with Gasteiger partial charge >= 0.3 is 23.9 Å². The van der Waals surface area contributed by atoms with Crippen LogP contribution in [-0.2, 0) is 57.2 Å². The molecule has 2 aliphatic rings. The molecule has 0 radical (unpaired) electrons. The standard InChI is InChI=1S/C28H44N2O12S/c1-16(42-43(9,36)37)23-26(2,13-12-20(32)39-6)18(14-21(33)40-7)24(29-23)28(4)27(3,15-22(34)41-8)17(25(35)30-28)10-11-19(31)38-5/h16-18,24H,10-15H2,1-9H3,(H,30,35). The van der Waals surface area contributed by atoms with Crippen LogP contribution in [0.15, 0.2) is 4.99 Å². The van der Waals surface area contributed by atoms with Crippen molar-refractivity contribution >= 4 is 45.6 Å². The quantitative estimate of drug-likeness (QED) is 0.165. The van der Waals surface area contributed by atoms with Gasteiger partial charge in [0, 0.05) is 41.2 Å². The molecular weight excluding hydrogens is 588 g/mol. The Labute approximate surface area is 252 Å². The van der Waals surface area contributed by atoms with Gasteiger partial charge in [-0.1, -0.05) is 13.8 Å². The zero-order valence-electron chi connectivity index (χ0n) is 26.3. The van der Waals surface area contributed by atoms with Gasteiger partial charge < -0.3 is 24.3 Å². The molecule has 0 aromatic heterocycles. The lowest BCUT2D eigenvalue weighted by Crippen LogP contribution is -2.60. The number of esters is 4. The van der Waals surface area contributed by atoms with E-state index in [4.69, 9.17) is 28.1 Å². The van der Waals surface area contributed by atoms with E-state index in [1.165, 1.54) is 35.4 Å². The number of ether oxygens (including phenoxy) is 4. The highest BCUT2D eigenvalue weighted by Gasteiger charge is 2.67. The Morgan fingerprint density at radius 3 is 1.95 bits per heavy atom. The molecule has 1 fully saturated rings. The highest BCUT2D eigenvalue weighted by atomic mass is 32.2. The lowest BCUT2D eigenvalue weighted by Gasteiger charge is -2.48. The molecule has 7 unspecified atom stereocenters. The molecule has 2 heterocycles. The molecule has 244 valence electrons. The molecule has 0 spiro atoms. The van der Waals surface area contributed by atoms with Gasteiger partial charge in [-0.05, 0) is 26.7 Å². The maximum absolute atomic E-state index is 13.6. The minimum absolute atomic E-state index is 0.0553. The van der Waals surface area contributed by atoms with Crippen molar-refractivity contribution in [2.45, 2.75) is 83.9 Å². The Bertz CT molecular complexity index is 1250. The molecule has 15 heteroatoms. The second-order valence-electron chi connectivity index (χ2n) is 11.8. The van der Waals surface area contributed by atoms with Gasteiger partial charge in [-0.25, -0.2) is 0 Å². The number of carbonyl (C=O) groups is 5. The number of methoxy groups -OCH3 is 4. The van der Waals surface area contributed by atoms with Crippen LogP contribution < -0.4 is 5.32 Å². The van der Waals surface area contributed by atoms with Gasteiger partial charge in [0.15, 0.2) is 0 Å². The first-order chi connectivity index (χ1) is 19.8. The summed E-state index contributed by atoms with van der Waals surface area (Å²) < 4.78 is 49.2. The molecule has 0 bridgehead atoms. The van der Waals surface area contributed by atoms with E-state index >= 15 is 0 Å². The Morgan fingerprint density at radius 2 is 1.44 bits per heavy atom. The molecule has 1 amide bonds. The molecule has 1 N–H and O–H groups in total. The maximum atomic E-state index is 13.6. The Kier molecular flexibility index (Phi) is 11.5. The first-order valence-electron chi connectivity index (χ1n) is 13.9. The van der Waals surface area contributed by atoms with Crippen molar-refractivity contribution in [3.05, 3.63) is 0 Å². The number of carbonyl (C=O) groups excluding carboxylic acids is 5. The average Bonchev–Trinajstić information content (AvgIpc) is 3.32. The monoisotopic (exact) mass is 632 g/mol. The van der Waals surface area contributed by atoms with Crippen molar-refractivity contribution < 1.29 is 55.5 Å². The molecule has 43 heavy (non-hydrogen) atoms. The fourth-order valence-corrected chi connectivity index (χ4v) is 7.37. The first-order valence-corrected chi connectivity index (χ1v) is 15.7. The van der Waals surface area contributed by atoms with Crippen molar-refractivity contribution in [2.24, 2.45) is 27.7 Å². The third-order valence-electron chi connectivity index (χ3n) is 9.31. The van der Waals surface area contributed by atoms with Crippen LogP contribution in [0.4, 0.5) is 0 Å². The lowest BCUT2D eigenvalue weighted by molar-refractivity contribution is -0.147. The third kappa shape index (κ3) is 7.54. The van der Waals surface area contributed by atoms with Gasteiger partial charge in [0.2, 0.25) is 5.91 Å². The van der Waals surface area contributed by atoms with E-state index in [0.717, 1.165) is 6.26 Å². The number of rotatable bonds is 14. The molecule has 0 aromatic carbocycles. The molecule has 1 saturated heterocycles. The van der Waals surface area contributed by atoms with Crippen LogP contribution in [0.3, 0.4) is 0 Å². The van der Waals surface area contributed by atoms with Gasteiger partial charge in [-0.15, -0.1) is 0 Å². The number of amides is 1. The first kappa shape index (κ1) is 36.1. The molecule has 0 saturated carbocycles. The van der Waals surface area contributed by atoms with Crippen LogP contribution in [0.25, 0.3) is 0 Å². The van der Waals surface area contributed by atoms with E-state index in [1.54, 1.807) is 20.8 Å². The van der Waals surface area contributed by atoms with Crippen molar-refractivity contribution in [3.63, 3.8) is 0 Å². The van der Waals surface area contributed by atoms with Crippen LogP contribution in [0.5, 0.6) is 0 Å². The Balaban J connectivity index is 2.82. The Morgan fingerprint density at radius 1 is 0.907 bits per heavy atom. The molecular formula is C28H44N2O12S. The molecule has 2 rings (SSSR count). The van der Waals surface area contributed by atoms with E-state index in [-0.39, 0.29) is 44.2 Å². The lowest BCUT2D eigenvalue weighted by atomic mass is 9.57. The number of hydrogen-bond acceptors (Lipinski definition) is 13. The second kappa shape index (κ2) is 13.7. The highest BCUT2D eigenvalue weighted by molar-refractivity contribution is 7.86. The molecule has 2 aliphatic heterocycles. The summed E-state index contributed by atoms with van der Waals surface area (Å²) in [5, 5.41) is 3.02. The summed E-state index contributed by atoms with van der Waals surface area (Å²) in [7, 11) is 0.948.